The molecule has 3 heterocycles. The van der Waals surface area contributed by atoms with Crippen LogP contribution in [0.3, 0.4) is 0 Å². The highest BCUT2D eigenvalue weighted by atomic mass is 35.5. The Morgan fingerprint density at radius 1 is 1.28 bits per heavy atom. The standard InChI is InChI=1S/C17H20ClN7/c1-13(22-17-14(18)11-21-15(10-19)23-17)12-24-6-8-25(9-7-24)16-4-2-3-5-20-16/h2-5,11,13H,6-9,12H2,1H3,(H,21,22,23). The zero-order valence-electron chi connectivity index (χ0n) is 14.1. The van der Waals surface area contributed by atoms with Gasteiger partial charge in [-0.15, -0.1) is 0 Å². The number of nitriles is 1. The first-order chi connectivity index (χ1) is 12.2. The predicted octanol–water partition coefficient (Wildman–Crippen LogP) is 2.02. The van der Waals surface area contributed by atoms with Crippen LogP contribution in [-0.4, -0.2) is 58.6 Å². The van der Waals surface area contributed by atoms with Crippen molar-refractivity contribution < 1.29 is 0 Å². The summed E-state index contributed by atoms with van der Waals surface area (Å²) in [4.78, 5) is 17.1. The fraction of sp³-hybridized carbons (Fsp3) is 0.412. The van der Waals surface area contributed by atoms with Crippen molar-refractivity contribution >= 4 is 23.2 Å². The number of nitrogens with zero attached hydrogens (tertiary/aromatic N) is 6. The molecule has 1 atom stereocenters. The summed E-state index contributed by atoms with van der Waals surface area (Å²) in [6.07, 6.45) is 3.28. The van der Waals surface area contributed by atoms with Gasteiger partial charge in [-0.2, -0.15) is 5.26 Å². The van der Waals surface area contributed by atoms with Crippen LogP contribution in [0.4, 0.5) is 11.6 Å². The first-order valence-corrected chi connectivity index (χ1v) is 8.61. The normalized spacial score (nSPS) is 16.3. The van der Waals surface area contributed by atoms with Gasteiger partial charge in [0.05, 0.1) is 6.20 Å². The van der Waals surface area contributed by atoms with Crippen molar-refractivity contribution in [1.29, 1.82) is 5.26 Å². The van der Waals surface area contributed by atoms with E-state index < -0.39 is 0 Å². The quantitative estimate of drug-likeness (QED) is 0.876. The number of piperazine rings is 1. The van der Waals surface area contributed by atoms with E-state index in [-0.39, 0.29) is 11.9 Å². The lowest BCUT2D eigenvalue weighted by Gasteiger charge is -2.36. The molecule has 25 heavy (non-hydrogen) atoms. The average molecular weight is 358 g/mol. The molecule has 2 aromatic rings. The SMILES string of the molecule is CC(CN1CCN(c2ccccn2)CC1)Nc1nc(C#N)ncc1Cl. The molecule has 0 saturated carbocycles. The van der Waals surface area contributed by atoms with Crippen LogP contribution >= 0.6 is 11.6 Å². The lowest BCUT2D eigenvalue weighted by molar-refractivity contribution is 0.250. The molecule has 1 unspecified atom stereocenters. The Bertz CT molecular complexity index is 738. The average Bonchev–Trinajstić information content (AvgIpc) is 2.65. The molecule has 130 valence electrons. The van der Waals surface area contributed by atoms with Crippen molar-refractivity contribution in [3.8, 4) is 6.07 Å². The van der Waals surface area contributed by atoms with Gasteiger partial charge in [-0.25, -0.2) is 15.0 Å². The Labute approximate surface area is 152 Å². The highest BCUT2D eigenvalue weighted by molar-refractivity contribution is 6.32. The van der Waals surface area contributed by atoms with Gasteiger partial charge in [0.15, 0.2) is 0 Å². The van der Waals surface area contributed by atoms with Gasteiger partial charge in [0.1, 0.15) is 22.7 Å². The van der Waals surface area contributed by atoms with Crippen molar-refractivity contribution in [3.63, 3.8) is 0 Å². The Balaban J connectivity index is 1.51. The van der Waals surface area contributed by atoms with Crippen LogP contribution in [0, 0.1) is 11.3 Å². The topological polar surface area (TPSA) is 81.0 Å². The van der Waals surface area contributed by atoms with E-state index in [1.165, 1.54) is 6.20 Å². The largest absolute Gasteiger partial charge is 0.365 e. The van der Waals surface area contributed by atoms with Gasteiger partial charge < -0.3 is 10.2 Å². The second-order valence-corrected chi connectivity index (χ2v) is 6.43. The molecule has 0 radical (unpaired) electrons. The van der Waals surface area contributed by atoms with Crippen LogP contribution in [0.25, 0.3) is 0 Å². The summed E-state index contributed by atoms with van der Waals surface area (Å²) in [6.45, 7) is 6.81. The first kappa shape index (κ1) is 17.4. The van der Waals surface area contributed by atoms with E-state index in [4.69, 9.17) is 16.9 Å². The Morgan fingerprint density at radius 2 is 2.08 bits per heavy atom. The number of rotatable bonds is 5. The molecule has 0 aliphatic carbocycles. The summed E-state index contributed by atoms with van der Waals surface area (Å²) < 4.78 is 0. The van der Waals surface area contributed by atoms with E-state index in [9.17, 15) is 0 Å². The summed E-state index contributed by atoms with van der Waals surface area (Å²) in [5.41, 5.74) is 0. The lowest BCUT2D eigenvalue weighted by Crippen LogP contribution is -2.49. The second kappa shape index (κ2) is 8.10. The minimum atomic E-state index is 0.114. The van der Waals surface area contributed by atoms with E-state index in [1.54, 1.807) is 0 Å². The molecule has 1 aliphatic heterocycles. The number of aromatic nitrogens is 3. The predicted molar refractivity (Wildman–Crippen MR) is 97.7 cm³/mol. The maximum absolute atomic E-state index is 8.90. The van der Waals surface area contributed by atoms with Crippen molar-refractivity contribution in [2.75, 3.05) is 42.9 Å². The van der Waals surface area contributed by atoms with Crippen LogP contribution in [0.1, 0.15) is 12.7 Å². The third-order valence-electron chi connectivity index (χ3n) is 4.10. The van der Waals surface area contributed by atoms with Crippen LogP contribution in [-0.2, 0) is 0 Å². The third kappa shape index (κ3) is 4.56. The summed E-state index contributed by atoms with van der Waals surface area (Å²) in [6, 6.07) is 8.07. The molecular formula is C17H20ClN7. The van der Waals surface area contributed by atoms with Crippen LogP contribution in [0.2, 0.25) is 5.02 Å². The van der Waals surface area contributed by atoms with Gasteiger partial charge in [-0.05, 0) is 19.1 Å². The molecule has 7 nitrogen and oxygen atoms in total. The van der Waals surface area contributed by atoms with Crippen molar-refractivity contribution in [3.05, 3.63) is 41.4 Å². The minimum absolute atomic E-state index is 0.114. The molecular weight excluding hydrogens is 338 g/mol. The summed E-state index contributed by atoms with van der Waals surface area (Å²) in [5, 5.41) is 12.6. The molecule has 0 amide bonds. The van der Waals surface area contributed by atoms with E-state index >= 15 is 0 Å². The van der Waals surface area contributed by atoms with E-state index in [0.717, 1.165) is 38.5 Å². The van der Waals surface area contributed by atoms with Gasteiger partial charge in [0, 0.05) is 45.0 Å². The second-order valence-electron chi connectivity index (χ2n) is 6.02. The van der Waals surface area contributed by atoms with Crippen LogP contribution in [0.15, 0.2) is 30.6 Å². The first-order valence-electron chi connectivity index (χ1n) is 8.23. The molecule has 8 heteroatoms. The van der Waals surface area contributed by atoms with E-state index in [1.807, 2.05) is 30.5 Å². The number of anilines is 2. The van der Waals surface area contributed by atoms with Crippen LogP contribution in [0.5, 0.6) is 0 Å². The van der Waals surface area contributed by atoms with Crippen molar-refractivity contribution in [2.45, 2.75) is 13.0 Å². The Hall–Kier alpha value is -2.43. The molecule has 0 aromatic carbocycles. The van der Waals surface area contributed by atoms with E-state index in [2.05, 4.69) is 37.0 Å². The van der Waals surface area contributed by atoms with Gasteiger partial charge >= 0.3 is 0 Å². The number of hydrogen-bond donors (Lipinski definition) is 1. The summed E-state index contributed by atoms with van der Waals surface area (Å²) in [7, 11) is 0. The summed E-state index contributed by atoms with van der Waals surface area (Å²) in [5.74, 6) is 1.65. The Morgan fingerprint density at radius 3 is 2.76 bits per heavy atom. The summed E-state index contributed by atoms with van der Waals surface area (Å²) >= 11 is 6.10. The molecule has 0 spiro atoms. The number of pyridine rings is 1. The monoisotopic (exact) mass is 357 g/mol. The molecule has 1 saturated heterocycles. The van der Waals surface area contributed by atoms with E-state index in [0.29, 0.717) is 10.8 Å². The van der Waals surface area contributed by atoms with Crippen LogP contribution < -0.4 is 10.2 Å². The number of nitrogens with one attached hydrogen (secondary N) is 1. The molecule has 2 aromatic heterocycles. The Kier molecular flexibility index (Phi) is 5.64. The number of hydrogen-bond acceptors (Lipinski definition) is 7. The molecule has 0 bridgehead atoms. The number of halogens is 1. The van der Waals surface area contributed by atoms with Gasteiger partial charge in [0.2, 0.25) is 5.82 Å². The lowest BCUT2D eigenvalue weighted by atomic mass is 10.2. The van der Waals surface area contributed by atoms with Gasteiger partial charge in [0.25, 0.3) is 0 Å². The third-order valence-corrected chi connectivity index (χ3v) is 4.38. The highest BCUT2D eigenvalue weighted by Crippen LogP contribution is 2.19. The van der Waals surface area contributed by atoms with Crippen molar-refractivity contribution in [2.24, 2.45) is 0 Å². The molecule has 1 aliphatic rings. The fourth-order valence-corrected chi connectivity index (χ4v) is 3.03. The fourth-order valence-electron chi connectivity index (χ4n) is 2.89. The molecule has 1 fully saturated rings. The zero-order valence-corrected chi connectivity index (χ0v) is 14.8. The highest BCUT2D eigenvalue weighted by Gasteiger charge is 2.20. The van der Waals surface area contributed by atoms with Gasteiger partial charge in [-0.3, -0.25) is 4.90 Å². The minimum Gasteiger partial charge on any atom is -0.365 e. The zero-order chi connectivity index (χ0) is 17.6. The maximum Gasteiger partial charge on any atom is 0.234 e. The molecule has 1 N–H and O–H groups in total. The van der Waals surface area contributed by atoms with Crippen molar-refractivity contribution in [1.82, 2.24) is 19.9 Å². The smallest absolute Gasteiger partial charge is 0.234 e. The van der Waals surface area contributed by atoms with Gasteiger partial charge in [-0.1, -0.05) is 17.7 Å². The maximum atomic E-state index is 8.90. The molecule has 3 rings (SSSR count).